The molecule has 0 bridgehead atoms. The lowest BCUT2D eigenvalue weighted by molar-refractivity contribution is 0.616. The molecule has 2 aromatic heterocycles. The van der Waals surface area contributed by atoms with E-state index in [2.05, 4.69) is 15.6 Å². The van der Waals surface area contributed by atoms with Gasteiger partial charge in [-0.15, -0.1) is 0 Å². The molecule has 2 heterocycles. The number of nitrogens with two attached hydrogens (primary N) is 1. The Bertz CT molecular complexity index is 779. The largest absolute Gasteiger partial charge is 0.393 e. The molecule has 0 spiro atoms. The molecule has 106 valence electrons. The molecule has 0 aliphatic carbocycles. The number of para-hydroxylation sites is 2. The van der Waals surface area contributed by atoms with Gasteiger partial charge < -0.3 is 10.3 Å². The van der Waals surface area contributed by atoms with Crippen LogP contribution in [0.3, 0.4) is 0 Å². The van der Waals surface area contributed by atoms with E-state index in [1.165, 1.54) is 0 Å². The topological polar surface area (TPSA) is 56.7 Å². The van der Waals surface area contributed by atoms with Crippen LogP contribution in [0.15, 0.2) is 48.7 Å². The van der Waals surface area contributed by atoms with Gasteiger partial charge in [-0.1, -0.05) is 37.3 Å². The third-order valence-corrected chi connectivity index (χ3v) is 3.89. The van der Waals surface area contributed by atoms with Crippen LogP contribution in [0.2, 0.25) is 0 Å². The van der Waals surface area contributed by atoms with Crippen LogP contribution in [0.5, 0.6) is 0 Å². The number of thiocarbonyl (C=S) groups is 1. The van der Waals surface area contributed by atoms with Crippen molar-refractivity contribution < 1.29 is 0 Å². The highest BCUT2D eigenvalue weighted by Gasteiger charge is 2.16. The van der Waals surface area contributed by atoms with E-state index < -0.39 is 0 Å². The molecule has 4 nitrogen and oxygen atoms in total. The molecule has 0 saturated carbocycles. The Morgan fingerprint density at radius 1 is 1.24 bits per heavy atom. The summed E-state index contributed by atoms with van der Waals surface area (Å²) >= 11 is 5.10. The van der Waals surface area contributed by atoms with Gasteiger partial charge in [0.2, 0.25) is 0 Å². The van der Waals surface area contributed by atoms with Crippen molar-refractivity contribution in [2.45, 2.75) is 13.5 Å². The number of fused-ring (bicyclic) bond motifs is 1. The molecule has 2 N–H and O–H groups in total. The first-order chi connectivity index (χ1) is 10.2. The molecule has 1 aromatic carbocycles. The normalized spacial score (nSPS) is 12.4. The summed E-state index contributed by atoms with van der Waals surface area (Å²) in [5.41, 5.74) is 8.64. The van der Waals surface area contributed by atoms with Gasteiger partial charge in [0, 0.05) is 18.7 Å². The molecule has 0 radical (unpaired) electrons. The van der Waals surface area contributed by atoms with Crippen LogP contribution in [-0.2, 0) is 6.54 Å². The number of rotatable bonds is 4. The summed E-state index contributed by atoms with van der Waals surface area (Å²) in [5, 5.41) is 0. The molecule has 0 fully saturated rings. The summed E-state index contributed by atoms with van der Waals surface area (Å²) in [5.74, 6) is 0.944. The van der Waals surface area contributed by atoms with E-state index in [0.29, 0.717) is 11.5 Å². The number of aromatic nitrogens is 3. The summed E-state index contributed by atoms with van der Waals surface area (Å²) in [6, 6.07) is 13.9. The zero-order valence-electron chi connectivity index (χ0n) is 11.7. The average Bonchev–Trinajstić information content (AvgIpc) is 2.87. The SMILES string of the molecule is CC(Cn1c(-c2ccccn2)nc2ccccc21)C(N)=S. The number of hydrogen-bond donors (Lipinski definition) is 1. The Balaban J connectivity index is 2.17. The van der Waals surface area contributed by atoms with Crippen molar-refractivity contribution in [1.82, 2.24) is 14.5 Å². The summed E-state index contributed by atoms with van der Waals surface area (Å²) < 4.78 is 2.14. The Labute approximate surface area is 128 Å². The highest BCUT2D eigenvalue weighted by molar-refractivity contribution is 7.80. The third-order valence-electron chi connectivity index (χ3n) is 3.49. The Morgan fingerprint density at radius 3 is 2.71 bits per heavy atom. The quantitative estimate of drug-likeness (QED) is 0.752. The number of hydrogen-bond acceptors (Lipinski definition) is 3. The Hall–Kier alpha value is -2.27. The zero-order chi connectivity index (χ0) is 14.8. The third kappa shape index (κ3) is 2.64. The van der Waals surface area contributed by atoms with Crippen molar-refractivity contribution in [3.05, 3.63) is 48.7 Å². The average molecular weight is 296 g/mol. The second kappa shape index (κ2) is 5.61. The fourth-order valence-corrected chi connectivity index (χ4v) is 2.39. The van der Waals surface area contributed by atoms with Crippen molar-refractivity contribution in [1.29, 1.82) is 0 Å². The molecule has 5 heteroatoms. The molecule has 1 atom stereocenters. The first-order valence-electron chi connectivity index (χ1n) is 6.83. The van der Waals surface area contributed by atoms with Gasteiger partial charge in [0.15, 0.2) is 5.82 Å². The maximum absolute atomic E-state index is 5.77. The van der Waals surface area contributed by atoms with Gasteiger partial charge in [0.25, 0.3) is 0 Å². The van der Waals surface area contributed by atoms with Crippen LogP contribution in [0.25, 0.3) is 22.6 Å². The maximum Gasteiger partial charge on any atom is 0.159 e. The second-order valence-corrected chi connectivity index (χ2v) is 5.52. The van der Waals surface area contributed by atoms with Crippen molar-refractivity contribution in [3.63, 3.8) is 0 Å². The smallest absolute Gasteiger partial charge is 0.159 e. The molecular weight excluding hydrogens is 280 g/mol. The standard InChI is InChI=1S/C16H16N4S/c1-11(15(17)21)10-20-14-8-3-2-6-12(14)19-16(20)13-7-4-5-9-18-13/h2-9,11H,10H2,1H3,(H2,17,21). The molecule has 21 heavy (non-hydrogen) atoms. The monoisotopic (exact) mass is 296 g/mol. The van der Waals surface area contributed by atoms with Gasteiger partial charge in [0.1, 0.15) is 5.69 Å². The molecule has 0 aliphatic heterocycles. The maximum atomic E-state index is 5.77. The minimum absolute atomic E-state index is 0.0973. The van der Waals surface area contributed by atoms with E-state index in [9.17, 15) is 0 Å². The fraction of sp³-hybridized carbons (Fsp3) is 0.188. The van der Waals surface area contributed by atoms with Gasteiger partial charge in [-0.3, -0.25) is 4.98 Å². The predicted molar refractivity (Wildman–Crippen MR) is 88.9 cm³/mol. The predicted octanol–water partition coefficient (Wildman–Crippen LogP) is 3.02. The van der Waals surface area contributed by atoms with E-state index in [1.807, 2.05) is 43.3 Å². The zero-order valence-corrected chi connectivity index (χ0v) is 12.5. The first kappa shape index (κ1) is 13.7. The number of imidazole rings is 1. The van der Waals surface area contributed by atoms with Crippen LogP contribution in [0.4, 0.5) is 0 Å². The number of benzene rings is 1. The lowest BCUT2D eigenvalue weighted by Gasteiger charge is -2.14. The molecule has 0 saturated heterocycles. The molecule has 1 unspecified atom stereocenters. The Morgan fingerprint density at radius 2 is 2.00 bits per heavy atom. The number of pyridine rings is 1. The fourth-order valence-electron chi connectivity index (χ4n) is 2.31. The summed E-state index contributed by atoms with van der Waals surface area (Å²) in [6.45, 7) is 2.72. The van der Waals surface area contributed by atoms with Crippen LogP contribution in [-0.4, -0.2) is 19.5 Å². The first-order valence-corrected chi connectivity index (χ1v) is 7.23. The van der Waals surface area contributed by atoms with Gasteiger partial charge in [-0.2, -0.15) is 0 Å². The summed E-state index contributed by atoms with van der Waals surface area (Å²) in [7, 11) is 0. The molecule has 0 amide bonds. The molecular formula is C16H16N4S. The van der Waals surface area contributed by atoms with E-state index in [4.69, 9.17) is 22.9 Å². The van der Waals surface area contributed by atoms with E-state index >= 15 is 0 Å². The van der Waals surface area contributed by atoms with Gasteiger partial charge in [0.05, 0.1) is 16.0 Å². The van der Waals surface area contributed by atoms with E-state index in [0.717, 1.165) is 22.6 Å². The lowest BCUT2D eigenvalue weighted by atomic mass is 10.1. The molecule has 3 aromatic rings. The Kier molecular flexibility index (Phi) is 3.66. The van der Waals surface area contributed by atoms with Crippen LogP contribution in [0, 0.1) is 5.92 Å². The summed E-state index contributed by atoms with van der Waals surface area (Å²) in [4.78, 5) is 9.63. The second-order valence-electron chi connectivity index (χ2n) is 5.05. The van der Waals surface area contributed by atoms with Crippen molar-refractivity contribution in [3.8, 4) is 11.5 Å². The number of nitrogens with zero attached hydrogens (tertiary/aromatic N) is 3. The van der Waals surface area contributed by atoms with Crippen LogP contribution >= 0.6 is 12.2 Å². The minimum Gasteiger partial charge on any atom is -0.393 e. The molecule has 3 rings (SSSR count). The highest BCUT2D eigenvalue weighted by Crippen LogP contribution is 2.24. The van der Waals surface area contributed by atoms with Crippen LogP contribution in [0.1, 0.15) is 6.92 Å². The van der Waals surface area contributed by atoms with Crippen LogP contribution < -0.4 is 5.73 Å². The molecule has 0 aliphatic rings. The van der Waals surface area contributed by atoms with E-state index in [1.54, 1.807) is 6.20 Å². The highest BCUT2D eigenvalue weighted by atomic mass is 32.1. The van der Waals surface area contributed by atoms with Crippen molar-refractivity contribution in [2.24, 2.45) is 11.7 Å². The minimum atomic E-state index is 0.0973. The van der Waals surface area contributed by atoms with Crippen molar-refractivity contribution in [2.75, 3.05) is 0 Å². The van der Waals surface area contributed by atoms with Gasteiger partial charge in [-0.25, -0.2) is 4.98 Å². The van der Waals surface area contributed by atoms with Gasteiger partial charge >= 0.3 is 0 Å². The van der Waals surface area contributed by atoms with E-state index in [-0.39, 0.29) is 5.92 Å². The summed E-state index contributed by atoms with van der Waals surface area (Å²) in [6.07, 6.45) is 1.77. The van der Waals surface area contributed by atoms with Crippen molar-refractivity contribution >= 4 is 28.2 Å². The van der Waals surface area contributed by atoms with Gasteiger partial charge in [-0.05, 0) is 24.3 Å². The lowest BCUT2D eigenvalue weighted by Crippen LogP contribution is -2.23.